The molecular weight excluding hydrogens is 418 g/mol. The number of aliphatic hydroxyl groups is 3. The van der Waals surface area contributed by atoms with E-state index in [0.29, 0.717) is 18.3 Å². The Balaban J connectivity index is 1.51. The van der Waals surface area contributed by atoms with E-state index in [9.17, 15) is 15.0 Å². The van der Waals surface area contributed by atoms with Crippen LogP contribution in [0.5, 0.6) is 0 Å². The van der Waals surface area contributed by atoms with Crippen LogP contribution in [0.3, 0.4) is 0 Å². The summed E-state index contributed by atoms with van der Waals surface area (Å²) in [6.45, 7) is 0.242. The molecule has 1 saturated carbocycles. The number of aliphatic hydroxyl groups excluding tert-OH is 3. The topological polar surface area (TPSA) is 177 Å². The zero-order valence-electron chi connectivity index (χ0n) is 17.5. The SMILES string of the molecule is Nc1nc(C#CCC2CCC(CCO)CC2)nc2c1ncn2C1OC(C(=O)O)C(O)C1O. The molecular formula is C21H27N5O6. The third-order valence-electron chi connectivity index (χ3n) is 6.30. The number of rotatable bonds is 5. The number of nitrogens with zero attached hydrogens (tertiary/aromatic N) is 4. The molecule has 1 aliphatic carbocycles. The van der Waals surface area contributed by atoms with Gasteiger partial charge in [0.2, 0.25) is 5.82 Å². The van der Waals surface area contributed by atoms with E-state index >= 15 is 0 Å². The first-order valence-electron chi connectivity index (χ1n) is 10.7. The summed E-state index contributed by atoms with van der Waals surface area (Å²) in [4.78, 5) is 23.9. The average Bonchev–Trinajstić information content (AvgIpc) is 3.31. The van der Waals surface area contributed by atoms with Gasteiger partial charge in [-0.3, -0.25) is 4.57 Å². The third-order valence-corrected chi connectivity index (χ3v) is 6.30. The zero-order chi connectivity index (χ0) is 22.8. The van der Waals surface area contributed by atoms with Gasteiger partial charge in [-0.05, 0) is 37.0 Å². The largest absolute Gasteiger partial charge is 0.479 e. The molecule has 11 heteroatoms. The number of fused-ring (bicyclic) bond motifs is 1. The van der Waals surface area contributed by atoms with Crippen molar-refractivity contribution in [3.8, 4) is 11.8 Å². The van der Waals surface area contributed by atoms with Gasteiger partial charge in [0.1, 0.15) is 17.7 Å². The number of aliphatic carboxylic acids is 1. The summed E-state index contributed by atoms with van der Waals surface area (Å²) in [5.74, 6) is 6.07. The van der Waals surface area contributed by atoms with Crippen LogP contribution in [0.2, 0.25) is 0 Å². The first-order chi connectivity index (χ1) is 15.4. The number of carboxylic acids is 1. The summed E-state index contributed by atoms with van der Waals surface area (Å²) in [6.07, 6.45) is 1.41. The summed E-state index contributed by atoms with van der Waals surface area (Å²) in [6, 6.07) is 0. The number of imidazole rings is 1. The lowest BCUT2D eigenvalue weighted by Crippen LogP contribution is -2.35. The van der Waals surface area contributed by atoms with Gasteiger partial charge in [0, 0.05) is 13.0 Å². The molecule has 6 N–H and O–H groups in total. The fraction of sp³-hybridized carbons (Fsp3) is 0.619. The fourth-order valence-electron chi connectivity index (χ4n) is 4.46. The molecule has 0 radical (unpaired) electrons. The van der Waals surface area contributed by atoms with Gasteiger partial charge >= 0.3 is 5.97 Å². The minimum absolute atomic E-state index is 0.102. The van der Waals surface area contributed by atoms with E-state index in [0.717, 1.165) is 32.1 Å². The molecule has 4 unspecified atom stereocenters. The molecule has 0 bridgehead atoms. The van der Waals surface area contributed by atoms with Crippen molar-refractivity contribution in [3.05, 3.63) is 12.2 Å². The van der Waals surface area contributed by atoms with Crippen LogP contribution in [-0.4, -0.2) is 70.8 Å². The highest BCUT2D eigenvalue weighted by molar-refractivity contribution is 5.82. The van der Waals surface area contributed by atoms with Crippen LogP contribution in [0.15, 0.2) is 6.33 Å². The molecule has 2 fully saturated rings. The Morgan fingerprint density at radius 2 is 1.91 bits per heavy atom. The van der Waals surface area contributed by atoms with Crippen LogP contribution in [0.1, 0.15) is 50.6 Å². The minimum Gasteiger partial charge on any atom is -0.479 e. The molecule has 0 aromatic carbocycles. The van der Waals surface area contributed by atoms with Crippen molar-refractivity contribution < 1.29 is 30.0 Å². The number of carbonyl (C=O) groups is 1. The monoisotopic (exact) mass is 445 g/mol. The van der Waals surface area contributed by atoms with E-state index in [2.05, 4.69) is 26.8 Å². The van der Waals surface area contributed by atoms with Crippen LogP contribution < -0.4 is 5.73 Å². The van der Waals surface area contributed by atoms with E-state index in [1.54, 1.807) is 0 Å². The second-order valence-corrected chi connectivity index (χ2v) is 8.43. The van der Waals surface area contributed by atoms with Gasteiger partial charge < -0.3 is 30.9 Å². The molecule has 172 valence electrons. The van der Waals surface area contributed by atoms with Gasteiger partial charge in [-0.1, -0.05) is 18.8 Å². The Morgan fingerprint density at radius 1 is 1.19 bits per heavy atom. The molecule has 4 rings (SSSR count). The molecule has 0 spiro atoms. The average molecular weight is 445 g/mol. The summed E-state index contributed by atoms with van der Waals surface area (Å²) in [5, 5.41) is 38.5. The number of nitrogens with two attached hydrogens (primary N) is 1. The maximum atomic E-state index is 11.2. The molecule has 3 heterocycles. The Morgan fingerprint density at radius 3 is 2.56 bits per heavy atom. The third kappa shape index (κ3) is 4.40. The number of ether oxygens (including phenoxy) is 1. The van der Waals surface area contributed by atoms with Crippen molar-refractivity contribution in [1.29, 1.82) is 0 Å². The van der Waals surface area contributed by atoms with Gasteiger partial charge in [-0.25, -0.2) is 19.7 Å². The Labute approximate surface area is 184 Å². The molecule has 32 heavy (non-hydrogen) atoms. The summed E-state index contributed by atoms with van der Waals surface area (Å²) in [5.41, 5.74) is 6.50. The zero-order valence-corrected chi connectivity index (χ0v) is 17.5. The highest BCUT2D eigenvalue weighted by Gasteiger charge is 2.48. The molecule has 1 saturated heterocycles. The van der Waals surface area contributed by atoms with Gasteiger partial charge in [-0.15, -0.1) is 0 Å². The number of carboxylic acid groups (broad SMARTS) is 1. The molecule has 2 aliphatic rings. The van der Waals surface area contributed by atoms with E-state index in [-0.39, 0.29) is 29.4 Å². The number of hydrogen-bond acceptors (Lipinski definition) is 9. The van der Waals surface area contributed by atoms with Crippen molar-refractivity contribution in [2.75, 3.05) is 12.3 Å². The Bertz CT molecular complexity index is 1040. The number of nitrogen functional groups attached to an aromatic ring is 1. The maximum absolute atomic E-state index is 11.2. The first-order valence-corrected chi connectivity index (χ1v) is 10.7. The van der Waals surface area contributed by atoms with Crippen molar-refractivity contribution in [1.82, 2.24) is 19.5 Å². The summed E-state index contributed by atoms with van der Waals surface area (Å²) < 4.78 is 6.67. The molecule has 2 aromatic rings. The lowest BCUT2D eigenvalue weighted by atomic mass is 9.79. The lowest BCUT2D eigenvalue weighted by Gasteiger charge is -2.26. The van der Waals surface area contributed by atoms with Crippen LogP contribution in [-0.2, 0) is 9.53 Å². The maximum Gasteiger partial charge on any atom is 0.335 e. The van der Waals surface area contributed by atoms with Crippen LogP contribution in [0, 0.1) is 23.7 Å². The van der Waals surface area contributed by atoms with E-state index in [4.69, 9.17) is 20.7 Å². The van der Waals surface area contributed by atoms with Crippen molar-refractivity contribution in [2.24, 2.45) is 11.8 Å². The second kappa shape index (κ2) is 9.38. The normalized spacial score (nSPS) is 30.2. The number of anilines is 1. The molecule has 2 aromatic heterocycles. The van der Waals surface area contributed by atoms with E-state index in [1.807, 2.05) is 0 Å². The van der Waals surface area contributed by atoms with Crippen molar-refractivity contribution in [2.45, 2.75) is 63.1 Å². The van der Waals surface area contributed by atoms with Crippen LogP contribution in [0.25, 0.3) is 11.2 Å². The Hall–Kier alpha value is -2.78. The van der Waals surface area contributed by atoms with E-state index < -0.39 is 30.5 Å². The molecule has 4 atom stereocenters. The highest BCUT2D eigenvalue weighted by Crippen LogP contribution is 2.33. The number of aromatic nitrogens is 4. The van der Waals surface area contributed by atoms with Crippen molar-refractivity contribution in [3.63, 3.8) is 0 Å². The van der Waals surface area contributed by atoms with Gasteiger partial charge in [0.25, 0.3) is 0 Å². The first kappa shape index (κ1) is 22.4. The van der Waals surface area contributed by atoms with Gasteiger partial charge in [-0.2, -0.15) is 0 Å². The fourth-order valence-corrected chi connectivity index (χ4v) is 4.46. The van der Waals surface area contributed by atoms with Crippen LogP contribution in [0.4, 0.5) is 5.82 Å². The summed E-state index contributed by atoms with van der Waals surface area (Å²) in [7, 11) is 0. The molecule has 11 nitrogen and oxygen atoms in total. The predicted octanol–water partition coefficient (Wildman–Crippen LogP) is 0.0427. The molecule has 1 aliphatic heterocycles. The van der Waals surface area contributed by atoms with Crippen LogP contribution >= 0.6 is 0 Å². The number of hydrogen-bond donors (Lipinski definition) is 5. The van der Waals surface area contributed by atoms with Gasteiger partial charge in [0.15, 0.2) is 23.8 Å². The molecule has 0 amide bonds. The predicted molar refractivity (Wildman–Crippen MR) is 112 cm³/mol. The standard InChI is InChI=1S/C21H27N5O6/c22-18-14-19(26(10-23-14)20-16(29)15(28)17(32-20)21(30)31)25-13(24-18)3-1-2-11-4-6-12(7-5-11)8-9-27/h10-12,15-17,20,27-29H,2,4-9H2,(H,30,31)(H2,22,24,25). The second-order valence-electron chi connectivity index (χ2n) is 8.43. The lowest BCUT2D eigenvalue weighted by molar-refractivity contribution is -0.155. The highest BCUT2D eigenvalue weighted by atomic mass is 16.6. The smallest absolute Gasteiger partial charge is 0.335 e. The Kier molecular flexibility index (Phi) is 6.57. The van der Waals surface area contributed by atoms with Crippen molar-refractivity contribution >= 4 is 23.0 Å². The van der Waals surface area contributed by atoms with Gasteiger partial charge in [0.05, 0.1) is 6.33 Å². The minimum atomic E-state index is -1.60. The van der Waals surface area contributed by atoms with E-state index in [1.165, 1.54) is 10.9 Å². The summed E-state index contributed by atoms with van der Waals surface area (Å²) >= 11 is 0. The quantitative estimate of drug-likeness (QED) is 0.395.